The highest BCUT2D eigenvalue weighted by Gasteiger charge is 2.20. The average molecular weight is 391 g/mol. The van der Waals surface area contributed by atoms with Crippen LogP contribution in [0.4, 0.5) is 0 Å². The van der Waals surface area contributed by atoms with Gasteiger partial charge in [0, 0.05) is 32.8 Å². The molecule has 1 fully saturated rings. The first-order valence-electron chi connectivity index (χ1n) is 9.99. The molecular formula is C18H38N4O3S. The predicted octanol–water partition coefficient (Wildman–Crippen LogP) is 1.71. The molecule has 0 aromatic rings. The van der Waals surface area contributed by atoms with E-state index in [4.69, 9.17) is 4.74 Å². The highest BCUT2D eigenvalue weighted by molar-refractivity contribution is 7.89. The van der Waals surface area contributed by atoms with Gasteiger partial charge in [0.15, 0.2) is 5.96 Å². The Bertz CT molecular complexity index is 505. The molecular weight excluding hydrogens is 352 g/mol. The summed E-state index contributed by atoms with van der Waals surface area (Å²) in [5.41, 5.74) is 0. The SMILES string of the molecule is CCNC(=NCCC(OCC)C(C)C)NCCS(=O)(=O)NCC1CCC1. The Balaban J connectivity index is 2.35. The van der Waals surface area contributed by atoms with E-state index in [0.29, 0.717) is 44.0 Å². The van der Waals surface area contributed by atoms with Gasteiger partial charge in [-0.05, 0) is 44.9 Å². The van der Waals surface area contributed by atoms with Crippen molar-refractivity contribution in [3.8, 4) is 0 Å². The van der Waals surface area contributed by atoms with Crippen LogP contribution < -0.4 is 15.4 Å². The maximum atomic E-state index is 12.0. The third-order valence-corrected chi connectivity index (χ3v) is 5.98. The molecule has 1 rings (SSSR count). The van der Waals surface area contributed by atoms with Gasteiger partial charge in [0.1, 0.15) is 0 Å². The number of hydrogen-bond donors (Lipinski definition) is 3. The van der Waals surface area contributed by atoms with Crippen LogP contribution in [0.3, 0.4) is 0 Å². The Morgan fingerprint density at radius 2 is 1.96 bits per heavy atom. The van der Waals surface area contributed by atoms with Crippen LogP contribution in [0.2, 0.25) is 0 Å². The van der Waals surface area contributed by atoms with Gasteiger partial charge in [0.2, 0.25) is 10.0 Å². The standard InChI is InChI=1S/C18H38N4O3S/c1-5-19-18(20-11-10-17(15(3)4)25-6-2)21-12-13-26(23,24)22-14-16-8-7-9-16/h15-17,22H,5-14H2,1-4H3,(H2,19,20,21). The lowest BCUT2D eigenvalue weighted by atomic mass is 9.86. The van der Waals surface area contributed by atoms with Crippen LogP contribution in [0.15, 0.2) is 4.99 Å². The van der Waals surface area contributed by atoms with Crippen LogP contribution in [0.1, 0.15) is 53.4 Å². The van der Waals surface area contributed by atoms with Gasteiger partial charge < -0.3 is 15.4 Å². The van der Waals surface area contributed by atoms with Crippen molar-refractivity contribution >= 4 is 16.0 Å². The normalized spacial score (nSPS) is 17.2. The zero-order valence-corrected chi connectivity index (χ0v) is 17.7. The molecule has 0 amide bonds. The van der Waals surface area contributed by atoms with Crippen LogP contribution >= 0.6 is 0 Å². The largest absolute Gasteiger partial charge is 0.378 e. The molecule has 1 unspecified atom stereocenters. The number of nitrogens with one attached hydrogen (secondary N) is 3. The number of sulfonamides is 1. The van der Waals surface area contributed by atoms with E-state index in [2.05, 4.69) is 34.2 Å². The van der Waals surface area contributed by atoms with Gasteiger partial charge in [-0.1, -0.05) is 20.3 Å². The van der Waals surface area contributed by atoms with E-state index in [1.54, 1.807) is 0 Å². The predicted molar refractivity (Wildman–Crippen MR) is 108 cm³/mol. The molecule has 7 nitrogen and oxygen atoms in total. The Labute approximate surface area is 159 Å². The number of rotatable bonds is 13. The van der Waals surface area contributed by atoms with Crippen molar-refractivity contribution in [3.63, 3.8) is 0 Å². The summed E-state index contributed by atoms with van der Waals surface area (Å²) in [6, 6.07) is 0. The summed E-state index contributed by atoms with van der Waals surface area (Å²) >= 11 is 0. The lowest BCUT2D eigenvalue weighted by Gasteiger charge is -2.25. The molecule has 0 aliphatic heterocycles. The van der Waals surface area contributed by atoms with Crippen LogP contribution in [-0.2, 0) is 14.8 Å². The molecule has 1 saturated carbocycles. The molecule has 0 aromatic carbocycles. The van der Waals surface area contributed by atoms with Gasteiger partial charge in [0.05, 0.1) is 11.9 Å². The Morgan fingerprint density at radius 1 is 1.23 bits per heavy atom. The minimum absolute atomic E-state index is 0.0533. The summed E-state index contributed by atoms with van der Waals surface area (Å²) in [5, 5.41) is 6.26. The van der Waals surface area contributed by atoms with E-state index >= 15 is 0 Å². The number of hydrogen-bond acceptors (Lipinski definition) is 4. The van der Waals surface area contributed by atoms with Crippen molar-refractivity contribution in [2.24, 2.45) is 16.8 Å². The number of aliphatic imine (C=N–C) groups is 1. The molecule has 0 spiro atoms. The zero-order chi connectivity index (χ0) is 19.4. The van der Waals surface area contributed by atoms with Crippen LogP contribution in [0.25, 0.3) is 0 Å². The fourth-order valence-corrected chi connectivity index (χ4v) is 3.79. The van der Waals surface area contributed by atoms with Crippen LogP contribution in [0.5, 0.6) is 0 Å². The van der Waals surface area contributed by atoms with E-state index in [1.807, 2.05) is 13.8 Å². The minimum atomic E-state index is -3.23. The molecule has 0 bridgehead atoms. The lowest BCUT2D eigenvalue weighted by molar-refractivity contribution is 0.0266. The molecule has 0 aromatic heterocycles. The summed E-state index contributed by atoms with van der Waals surface area (Å²) < 4.78 is 32.5. The highest BCUT2D eigenvalue weighted by atomic mass is 32.2. The first-order chi connectivity index (χ1) is 12.4. The second-order valence-corrected chi connectivity index (χ2v) is 9.10. The van der Waals surface area contributed by atoms with Gasteiger partial charge in [-0.15, -0.1) is 0 Å². The maximum Gasteiger partial charge on any atom is 0.213 e. The van der Waals surface area contributed by atoms with Crippen molar-refractivity contribution in [2.75, 3.05) is 38.5 Å². The second-order valence-electron chi connectivity index (χ2n) is 7.18. The van der Waals surface area contributed by atoms with Crippen molar-refractivity contribution in [1.82, 2.24) is 15.4 Å². The summed E-state index contributed by atoms with van der Waals surface area (Å²) in [4.78, 5) is 4.53. The second kappa shape index (κ2) is 12.5. The molecule has 8 heteroatoms. The van der Waals surface area contributed by atoms with E-state index in [0.717, 1.165) is 25.8 Å². The average Bonchev–Trinajstić information content (AvgIpc) is 2.52. The fourth-order valence-electron chi connectivity index (χ4n) is 2.79. The number of nitrogens with zero attached hydrogens (tertiary/aromatic N) is 1. The Hall–Kier alpha value is -0.860. The lowest BCUT2D eigenvalue weighted by Crippen LogP contribution is -2.42. The molecule has 0 saturated heterocycles. The molecule has 1 aliphatic carbocycles. The topological polar surface area (TPSA) is 91.8 Å². The summed E-state index contributed by atoms with van der Waals surface area (Å²) in [7, 11) is -3.23. The molecule has 26 heavy (non-hydrogen) atoms. The van der Waals surface area contributed by atoms with Crippen molar-refractivity contribution < 1.29 is 13.2 Å². The first-order valence-corrected chi connectivity index (χ1v) is 11.6. The minimum Gasteiger partial charge on any atom is -0.378 e. The molecule has 0 heterocycles. The quantitative estimate of drug-likeness (QED) is 0.329. The molecule has 1 aliphatic rings. The third-order valence-electron chi connectivity index (χ3n) is 4.63. The van der Waals surface area contributed by atoms with E-state index < -0.39 is 10.0 Å². The first kappa shape index (κ1) is 23.2. The van der Waals surface area contributed by atoms with Crippen molar-refractivity contribution in [3.05, 3.63) is 0 Å². The van der Waals surface area contributed by atoms with E-state index in [9.17, 15) is 8.42 Å². The van der Waals surface area contributed by atoms with Gasteiger partial charge in [-0.25, -0.2) is 13.1 Å². The van der Waals surface area contributed by atoms with Gasteiger partial charge in [-0.2, -0.15) is 0 Å². The van der Waals surface area contributed by atoms with Crippen molar-refractivity contribution in [2.45, 2.75) is 59.5 Å². The molecule has 154 valence electrons. The summed E-state index contributed by atoms with van der Waals surface area (Å²) in [6.07, 6.45) is 4.54. The van der Waals surface area contributed by atoms with Gasteiger partial charge >= 0.3 is 0 Å². The highest BCUT2D eigenvalue weighted by Crippen LogP contribution is 2.25. The Morgan fingerprint density at radius 3 is 2.50 bits per heavy atom. The third kappa shape index (κ3) is 9.73. The number of guanidine groups is 1. The van der Waals surface area contributed by atoms with Gasteiger partial charge in [-0.3, -0.25) is 4.99 Å². The fraction of sp³-hybridized carbons (Fsp3) is 0.944. The van der Waals surface area contributed by atoms with E-state index in [-0.39, 0.29) is 11.9 Å². The summed E-state index contributed by atoms with van der Waals surface area (Å²) in [6.45, 7) is 11.3. The monoisotopic (exact) mass is 390 g/mol. The van der Waals surface area contributed by atoms with Gasteiger partial charge in [0.25, 0.3) is 0 Å². The van der Waals surface area contributed by atoms with Crippen molar-refractivity contribution in [1.29, 1.82) is 0 Å². The smallest absolute Gasteiger partial charge is 0.213 e. The number of ether oxygens (including phenoxy) is 1. The molecule has 1 atom stereocenters. The zero-order valence-electron chi connectivity index (χ0n) is 16.9. The van der Waals surface area contributed by atoms with Crippen LogP contribution in [0, 0.1) is 11.8 Å². The Kier molecular flexibility index (Phi) is 11.2. The molecule has 3 N–H and O–H groups in total. The van der Waals surface area contributed by atoms with Crippen LogP contribution in [-0.4, -0.2) is 59.0 Å². The summed E-state index contributed by atoms with van der Waals surface area (Å²) in [5.74, 6) is 1.68. The maximum absolute atomic E-state index is 12.0. The molecule has 0 radical (unpaired) electrons. The van der Waals surface area contributed by atoms with E-state index in [1.165, 1.54) is 6.42 Å².